The maximum Gasteiger partial charge on any atom is 0.491 e. The fourth-order valence-corrected chi connectivity index (χ4v) is 10.2. The molecule has 9 aromatic rings. The monoisotopic (exact) mass is 1960 g/mol. The molecule has 9 rings (SSSR count). The van der Waals surface area contributed by atoms with Crippen LogP contribution in [0.15, 0.2) is 214 Å². The van der Waals surface area contributed by atoms with E-state index in [2.05, 4.69) is 147 Å². The molecular weight excluding hydrogens is 1890 g/mol. The number of halogens is 10. The van der Waals surface area contributed by atoms with Gasteiger partial charge < -0.3 is 69.1 Å². The smallest absolute Gasteiger partial charge is 0.491 e. The van der Waals surface area contributed by atoms with Gasteiger partial charge in [-0.2, -0.15) is 0 Å². The molecule has 28 heteroatoms. The fourth-order valence-electron chi connectivity index (χ4n) is 8.00. The van der Waals surface area contributed by atoms with Crippen molar-refractivity contribution < 1.29 is 101 Å². The van der Waals surface area contributed by atoms with E-state index in [1.165, 1.54) is 79.7 Å². The number of carboxylic acids is 1. The van der Waals surface area contributed by atoms with Crippen LogP contribution in [0.5, 0.6) is 34.5 Å². The first-order chi connectivity index (χ1) is 49.2. The van der Waals surface area contributed by atoms with Gasteiger partial charge in [0.25, 0.3) is 0 Å². The van der Waals surface area contributed by atoms with Crippen molar-refractivity contribution >= 4 is 146 Å². The first-order valence-corrected chi connectivity index (χ1v) is 36.7. The Bertz CT molecular complexity index is 4250. The first kappa shape index (κ1) is 93.0. The zero-order valence-corrected chi connectivity index (χ0v) is 68.6. The van der Waals surface area contributed by atoms with Crippen molar-refractivity contribution in [1.29, 1.82) is 0 Å². The number of benzene rings is 9. The van der Waals surface area contributed by atoms with E-state index in [4.69, 9.17) is 58.9 Å². The van der Waals surface area contributed by atoms with Gasteiger partial charge in [-0.1, -0.05) is 114 Å². The number of esters is 2. The van der Waals surface area contributed by atoms with Gasteiger partial charge >= 0.3 is 25.0 Å². The molecule has 0 aliphatic heterocycles. The van der Waals surface area contributed by atoms with Gasteiger partial charge in [0.2, 0.25) is 0 Å². The lowest BCUT2D eigenvalue weighted by Gasteiger charge is -2.13. The Morgan fingerprint density at radius 3 is 1.21 bits per heavy atom. The van der Waals surface area contributed by atoms with Crippen LogP contribution in [-0.4, -0.2) is 99.1 Å². The van der Waals surface area contributed by atoms with E-state index in [9.17, 15) is 42.2 Å². The predicted octanol–water partition coefficient (Wildman–Crippen LogP) is 18.4. The third-order valence-electron chi connectivity index (χ3n) is 13.1. The van der Waals surface area contributed by atoms with Crippen LogP contribution in [0, 0.1) is 30.4 Å². The number of phenols is 4. The van der Waals surface area contributed by atoms with E-state index in [0.29, 0.717) is 57.9 Å². The van der Waals surface area contributed by atoms with Crippen LogP contribution in [-0.2, 0) is 66.4 Å². The number of aliphatic hydroxyl groups excluding tert-OH is 1. The van der Waals surface area contributed by atoms with Gasteiger partial charge in [0, 0.05) is 123 Å². The van der Waals surface area contributed by atoms with E-state index >= 15 is 0 Å². The minimum absolute atomic E-state index is 0.0783. The van der Waals surface area contributed by atoms with E-state index in [0.717, 1.165) is 64.0 Å². The highest BCUT2D eigenvalue weighted by Crippen LogP contribution is 2.34. The molecule has 104 heavy (non-hydrogen) atoms. The molecule has 0 heterocycles. The highest BCUT2D eigenvalue weighted by Gasteiger charge is 2.18. The van der Waals surface area contributed by atoms with Crippen molar-refractivity contribution in [2.45, 2.75) is 53.8 Å². The number of carbonyl (C=O) groups is 3. The molecule has 17 nitrogen and oxygen atoms in total. The number of carbonyl (C=O) groups excluding carboxylic acids is 2. The van der Waals surface area contributed by atoms with Crippen molar-refractivity contribution in [3.8, 4) is 67.9 Å². The second-order valence-electron chi connectivity index (χ2n) is 21.3. The molecule has 0 saturated carbocycles. The molecule has 0 atom stereocenters. The lowest BCUT2D eigenvalue weighted by Crippen LogP contribution is -2.32. The molecular formula is C76H75BBr3F4I3O17. The summed E-state index contributed by atoms with van der Waals surface area (Å²) in [6.45, 7) is 16.3. The summed E-state index contributed by atoms with van der Waals surface area (Å²) in [6.07, 6.45) is 0. The number of aliphatic hydroxyl groups is 1. The summed E-state index contributed by atoms with van der Waals surface area (Å²) in [4.78, 5) is 34.9. The first-order valence-electron chi connectivity index (χ1n) is 30.0. The number of methoxy groups -OCH3 is 4. The minimum Gasteiger partial charge on any atom is -0.508 e. The van der Waals surface area contributed by atoms with Crippen molar-refractivity contribution in [3.05, 3.63) is 272 Å². The molecule has 0 fully saturated rings. The summed E-state index contributed by atoms with van der Waals surface area (Å²) < 4.78 is 90.6. The number of alkyl halides is 1. The topological polar surface area (TPSA) is 268 Å². The Hall–Kier alpha value is -7.06. The van der Waals surface area contributed by atoms with Crippen LogP contribution < -0.4 is 14.9 Å². The van der Waals surface area contributed by atoms with Crippen molar-refractivity contribution in [2.24, 2.45) is 0 Å². The minimum atomic E-state index is -1.84. The normalized spacial score (nSPS) is 9.97. The second kappa shape index (κ2) is 48.9. The van der Waals surface area contributed by atoms with Gasteiger partial charge in [0.15, 0.2) is 0 Å². The number of aliphatic carboxylic acids is 1. The molecule has 0 aliphatic carbocycles. The Balaban J connectivity index is 0.000000430. The van der Waals surface area contributed by atoms with Crippen LogP contribution in [0.4, 0.5) is 17.6 Å². The highest BCUT2D eigenvalue weighted by molar-refractivity contribution is 14.1. The predicted molar refractivity (Wildman–Crippen MR) is 432 cm³/mol. The van der Waals surface area contributed by atoms with Gasteiger partial charge in [-0.15, -0.1) is 0 Å². The summed E-state index contributed by atoms with van der Waals surface area (Å²) in [5.41, 5.74) is 7.69. The Kier molecular flexibility index (Phi) is 43.8. The average molecular weight is 1970 g/mol. The maximum absolute atomic E-state index is 14.6. The summed E-state index contributed by atoms with van der Waals surface area (Å²) in [6, 6.07) is 42.6. The standard InChI is InChI=1S/C22H21FO5.C14H12BrFO2.C14H13FO3.C8H8BrIO.C7H6BrIO.C6H6BFO3.C4H6O2.CH3I/c1-13(2)21(24)27-17-7-8-18(19(23)11-17)15-6-9-20(16(10-15)12-26-5)28-22(25)14(3)4;1-18-8-10-6-9(2-5-13(10)15)12-4-3-11(17)7-14(12)16;1-18-8-10-6-9(2-5-14(10)17)12-4-3-11(16)7-13(12)15;1-11-5-6-4-7(10)2-3-8(6)9;8-7-2-1-6(9)3-5(7)4-10;8-6-3-4(9)1-2-5(6)7(10)11;1-3(2)4(5)6;1-2/h6-11H,1,3,12H2,2,4-5H3;2-7,17H,8H2,1H3;2-7,16-17H,8H2,1H3;2-4H,5H2,1H3;1-3,10H,4H2;1-3,9-11H;1H2,2H3,(H,5,6);1H3. The van der Waals surface area contributed by atoms with Crippen molar-refractivity contribution in [1.82, 2.24) is 0 Å². The molecule has 8 N–H and O–H groups in total. The van der Waals surface area contributed by atoms with Gasteiger partial charge in [-0.3, -0.25) is 0 Å². The quantitative estimate of drug-likeness (QED) is 0.00754. The summed E-state index contributed by atoms with van der Waals surface area (Å²) in [5.74, 6) is -4.41. The molecule has 9 aromatic carbocycles. The van der Waals surface area contributed by atoms with Gasteiger partial charge in [-0.25, -0.2) is 31.9 Å². The number of aromatic hydroxyl groups is 4. The number of phenolic OH excluding ortho intramolecular Hbond substituents is 4. The van der Waals surface area contributed by atoms with Crippen molar-refractivity contribution in [3.63, 3.8) is 0 Å². The van der Waals surface area contributed by atoms with Gasteiger partial charge in [0.05, 0.1) is 33.0 Å². The number of hydrogen-bond donors (Lipinski definition) is 8. The average Bonchev–Trinajstić information content (AvgIpc) is 0.845. The molecule has 0 saturated heterocycles. The fraction of sp³-hybridized carbons (Fsp3) is 0.171. The molecule has 0 spiro atoms. The summed E-state index contributed by atoms with van der Waals surface area (Å²) >= 11 is 16.8. The summed E-state index contributed by atoms with van der Waals surface area (Å²) in [7, 11) is 4.50. The third-order valence-corrected chi connectivity index (χ3v) is 16.8. The molecule has 0 aromatic heterocycles. The van der Waals surface area contributed by atoms with E-state index in [-0.39, 0.29) is 70.8 Å². The van der Waals surface area contributed by atoms with Crippen LogP contribution in [0.3, 0.4) is 0 Å². The van der Waals surface area contributed by atoms with E-state index < -0.39 is 48.3 Å². The lowest BCUT2D eigenvalue weighted by molar-refractivity contribution is -0.133. The molecule has 0 aliphatic rings. The van der Waals surface area contributed by atoms with Crippen LogP contribution in [0.25, 0.3) is 33.4 Å². The molecule has 554 valence electrons. The third kappa shape index (κ3) is 32.8. The lowest BCUT2D eigenvalue weighted by atomic mass is 9.80. The highest BCUT2D eigenvalue weighted by atomic mass is 127. The largest absolute Gasteiger partial charge is 0.508 e. The zero-order valence-electron chi connectivity index (χ0n) is 57.4. The number of rotatable bonds is 18. The van der Waals surface area contributed by atoms with Gasteiger partial charge in [0.1, 0.15) is 57.8 Å². The molecule has 0 amide bonds. The number of hydrogen-bond acceptors (Lipinski definition) is 16. The molecule has 0 unspecified atom stereocenters. The zero-order chi connectivity index (χ0) is 78.5. The van der Waals surface area contributed by atoms with Gasteiger partial charge in [-0.05, 0) is 220 Å². The van der Waals surface area contributed by atoms with Crippen molar-refractivity contribution in [2.75, 3.05) is 33.4 Å². The Morgan fingerprint density at radius 2 is 0.798 bits per heavy atom. The number of ether oxygens (including phenoxy) is 6. The Morgan fingerprint density at radius 1 is 0.442 bits per heavy atom. The molecule has 0 radical (unpaired) electrons. The summed E-state index contributed by atoms with van der Waals surface area (Å²) in [5, 5.41) is 70.5. The van der Waals surface area contributed by atoms with Crippen LogP contribution in [0.1, 0.15) is 48.6 Å². The van der Waals surface area contributed by atoms with E-state index in [1.54, 1.807) is 57.5 Å². The Labute approximate surface area is 667 Å². The van der Waals surface area contributed by atoms with Crippen LogP contribution >= 0.6 is 116 Å². The second-order valence-corrected chi connectivity index (χ2v) is 26.4. The SMILES string of the molecule is C=C(C)C(=O)O.C=C(C)C(=O)Oc1ccc(-c2ccc(OC(=O)C(=C)C)c(COC)c2)c(F)c1.CI.COCc1cc(-c2ccc(O)cc2F)ccc1Br.COCc1cc(-c2ccc(O)cc2F)ccc1O.COCc1cc(I)ccc1Br.OB(O)c1ccc(O)cc1F.OCc1cc(I)ccc1Br. The van der Waals surface area contributed by atoms with E-state index in [1.807, 2.05) is 47.4 Å². The van der Waals surface area contributed by atoms with Crippen LogP contribution in [0.2, 0.25) is 0 Å². The maximum atomic E-state index is 14.6. The number of carboxylic acid groups (broad SMARTS) is 1. The molecule has 0 bridgehead atoms.